The number of hydrogen-bond acceptors (Lipinski definition) is 4. The van der Waals surface area contributed by atoms with Gasteiger partial charge in [-0.3, -0.25) is 14.8 Å². The van der Waals surface area contributed by atoms with Gasteiger partial charge < -0.3 is 5.32 Å². The van der Waals surface area contributed by atoms with E-state index in [4.69, 9.17) is 0 Å². The summed E-state index contributed by atoms with van der Waals surface area (Å²) in [6.07, 6.45) is 1.19. The number of imidazole rings is 1. The topological polar surface area (TPSA) is 113 Å². The van der Waals surface area contributed by atoms with E-state index in [2.05, 4.69) is 15.3 Å². The number of carbonyl (C=O) groups is 1. The van der Waals surface area contributed by atoms with Gasteiger partial charge in [-0.05, 0) is 5.56 Å². The van der Waals surface area contributed by atoms with E-state index in [0.717, 1.165) is 10.1 Å². The Morgan fingerprint density at radius 1 is 1.19 bits per heavy atom. The third-order valence-electron chi connectivity index (χ3n) is 2.95. The number of aromatic nitrogens is 4. The second kappa shape index (κ2) is 5.08. The summed E-state index contributed by atoms with van der Waals surface area (Å²) < 4.78 is 1.09. The van der Waals surface area contributed by atoms with Crippen molar-refractivity contribution in [3.63, 3.8) is 0 Å². The Balaban J connectivity index is 1.88. The second-order valence-electron chi connectivity index (χ2n) is 4.36. The maximum absolute atomic E-state index is 12.1. The van der Waals surface area contributed by atoms with Crippen molar-refractivity contribution >= 4 is 17.2 Å². The molecule has 21 heavy (non-hydrogen) atoms. The zero-order chi connectivity index (χ0) is 14.8. The quantitative estimate of drug-likeness (QED) is 0.623. The van der Waals surface area contributed by atoms with Gasteiger partial charge in [0.15, 0.2) is 11.2 Å². The normalized spacial score (nSPS) is 10.7. The summed E-state index contributed by atoms with van der Waals surface area (Å²) >= 11 is 0. The third kappa shape index (κ3) is 2.46. The van der Waals surface area contributed by atoms with Crippen molar-refractivity contribution in [3.05, 3.63) is 63.1 Å². The zero-order valence-corrected chi connectivity index (χ0v) is 10.8. The molecule has 106 valence electrons. The van der Waals surface area contributed by atoms with E-state index in [-0.39, 0.29) is 11.2 Å². The molecular weight excluding hydrogens is 274 g/mol. The van der Waals surface area contributed by atoms with E-state index in [0.29, 0.717) is 6.54 Å². The van der Waals surface area contributed by atoms with Gasteiger partial charge in [0.1, 0.15) is 6.33 Å². The van der Waals surface area contributed by atoms with Crippen LogP contribution in [-0.2, 0) is 6.54 Å². The molecule has 1 amide bonds. The first kappa shape index (κ1) is 12.9. The molecule has 3 rings (SSSR count). The van der Waals surface area contributed by atoms with Crippen molar-refractivity contribution < 1.29 is 4.79 Å². The lowest BCUT2D eigenvalue weighted by Gasteiger charge is -2.06. The Morgan fingerprint density at radius 2 is 1.95 bits per heavy atom. The molecular formula is C13H11N5O3. The Morgan fingerprint density at radius 3 is 2.71 bits per heavy atom. The molecule has 0 saturated carbocycles. The monoisotopic (exact) mass is 285 g/mol. The molecule has 2 aromatic heterocycles. The zero-order valence-electron chi connectivity index (χ0n) is 10.8. The van der Waals surface area contributed by atoms with Gasteiger partial charge in [-0.1, -0.05) is 30.3 Å². The van der Waals surface area contributed by atoms with Crippen LogP contribution in [0.5, 0.6) is 0 Å². The van der Waals surface area contributed by atoms with Gasteiger partial charge in [0.25, 0.3) is 5.56 Å². The van der Waals surface area contributed by atoms with Crippen molar-refractivity contribution in [3.8, 4) is 0 Å². The Bertz CT molecular complexity index is 907. The minimum Gasteiger partial charge on any atom is -0.333 e. The number of aromatic amines is 2. The van der Waals surface area contributed by atoms with Crippen LogP contribution >= 0.6 is 0 Å². The average molecular weight is 285 g/mol. The molecule has 1 aromatic carbocycles. The number of nitrogens with zero attached hydrogens (tertiary/aromatic N) is 2. The van der Waals surface area contributed by atoms with Crippen LogP contribution in [0, 0.1) is 0 Å². The molecule has 0 radical (unpaired) electrons. The highest BCUT2D eigenvalue weighted by Crippen LogP contribution is 2.03. The molecule has 2 heterocycles. The number of carbonyl (C=O) groups excluding carboxylic acids is 1. The highest BCUT2D eigenvalue weighted by molar-refractivity contribution is 5.86. The standard InChI is InChI=1S/C13H11N5O3/c19-11-9-10(16-12(20)17-11)18(7-15-9)13(21)14-6-8-4-2-1-3-5-8/h1-5,7H,6H2,(H,14,21)(H2,16,17,19,20). The lowest BCUT2D eigenvalue weighted by Crippen LogP contribution is -2.29. The Kier molecular flexibility index (Phi) is 3.11. The van der Waals surface area contributed by atoms with Crippen LogP contribution in [-0.4, -0.2) is 25.6 Å². The molecule has 0 spiro atoms. The molecule has 0 unspecified atom stereocenters. The fourth-order valence-electron chi connectivity index (χ4n) is 1.95. The molecule has 0 aliphatic rings. The van der Waals surface area contributed by atoms with Crippen molar-refractivity contribution in [2.75, 3.05) is 0 Å². The number of nitrogens with one attached hydrogen (secondary N) is 3. The number of fused-ring (bicyclic) bond motifs is 1. The number of benzene rings is 1. The number of hydrogen-bond donors (Lipinski definition) is 3. The van der Waals surface area contributed by atoms with Crippen LogP contribution in [0.3, 0.4) is 0 Å². The summed E-state index contributed by atoms with van der Waals surface area (Å²) in [7, 11) is 0. The molecule has 0 bridgehead atoms. The summed E-state index contributed by atoms with van der Waals surface area (Å²) in [4.78, 5) is 43.2. The van der Waals surface area contributed by atoms with E-state index < -0.39 is 17.3 Å². The molecule has 0 atom stereocenters. The van der Waals surface area contributed by atoms with Gasteiger partial charge >= 0.3 is 11.7 Å². The van der Waals surface area contributed by atoms with Crippen molar-refractivity contribution in [2.24, 2.45) is 0 Å². The smallest absolute Gasteiger partial charge is 0.328 e. The highest BCUT2D eigenvalue weighted by Gasteiger charge is 2.13. The van der Waals surface area contributed by atoms with Gasteiger partial charge in [0.05, 0.1) is 0 Å². The van der Waals surface area contributed by atoms with Crippen LogP contribution in [0.4, 0.5) is 4.79 Å². The number of H-pyrrole nitrogens is 2. The van der Waals surface area contributed by atoms with E-state index in [1.54, 1.807) is 0 Å². The maximum Gasteiger partial charge on any atom is 0.328 e. The molecule has 0 saturated heterocycles. The predicted octanol–water partition coefficient (Wildman–Crippen LogP) is 0.171. The van der Waals surface area contributed by atoms with Crippen molar-refractivity contribution in [1.82, 2.24) is 24.8 Å². The molecule has 0 aliphatic carbocycles. The molecule has 8 heteroatoms. The first-order chi connectivity index (χ1) is 10.1. The van der Waals surface area contributed by atoms with E-state index in [9.17, 15) is 14.4 Å². The number of rotatable bonds is 2. The summed E-state index contributed by atoms with van der Waals surface area (Å²) in [6.45, 7) is 0.326. The average Bonchev–Trinajstić information content (AvgIpc) is 2.90. The van der Waals surface area contributed by atoms with E-state index in [1.807, 2.05) is 35.3 Å². The van der Waals surface area contributed by atoms with Crippen LogP contribution in [0.2, 0.25) is 0 Å². The van der Waals surface area contributed by atoms with Gasteiger partial charge in [-0.25, -0.2) is 19.1 Å². The molecule has 0 fully saturated rings. The summed E-state index contributed by atoms with van der Waals surface area (Å²) in [5.41, 5.74) is -0.325. The largest absolute Gasteiger partial charge is 0.333 e. The van der Waals surface area contributed by atoms with Crippen molar-refractivity contribution in [1.29, 1.82) is 0 Å². The third-order valence-corrected chi connectivity index (χ3v) is 2.95. The predicted molar refractivity (Wildman–Crippen MR) is 75.1 cm³/mol. The van der Waals surface area contributed by atoms with Crippen LogP contribution in [0.15, 0.2) is 46.2 Å². The van der Waals surface area contributed by atoms with E-state index in [1.165, 1.54) is 6.33 Å². The van der Waals surface area contributed by atoms with Gasteiger partial charge in [0, 0.05) is 6.54 Å². The molecule has 3 N–H and O–H groups in total. The molecule has 8 nitrogen and oxygen atoms in total. The van der Waals surface area contributed by atoms with Gasteiger partial charge in [0.2, 0.25) is 0 Å². The SMILES string of the molecule is O=C(NCc1ccccc1)n1cnc2c(=O)[nH]c(=O)[nH]c21. The fourth-order valence-corrected chi connectivity index (χ4v) is 1.95. The Labute approximate surface area is 117 Å². The number of amides is 1. The van der Waals surface area contributed by atoms with Gasteiger partial charge in [-0.15, -0.1) is 0 Å². The fraction of sp³-hybridized carbons (Fsp3) is 0.0769. The van der Waals surface area contributed by atoms with Crippen LogP contribution in [0.25, 0.3) is 11.2 Å². The maximum atomic E-state index is 12.1. The summed E-state index contributed by atoms with van der Waals surface area (Å²) in [6, 6.07) is 8.88. The molecule has 0 aliphatic heterocycles. The Hall–Kier alpha value is -3.16. The first-order valence-electron chi connectivity index (χ1n) is 6.17. The summed E-state index contributed by atoms with van der Waals surface area (Å²) in [5, 5.41) is 2.68. The minimum atomic E-state index is -0.690. The lowest BCUT2D eigenvalue weighted by atomic mass is 10.2. The van der Waals surface area contributed by atoms with Crippen LogP contribution < -0.4 is 16.6 Å². The molecule has 3 aromatic rings. The summed E-state index contributed by atoms with van der Waals surface area (Å²) in [5.74, 6) is 0. The highest BCUT2D eigenvalue weighted by atomic mass is 16.2. The van der Waals surface area contributed by atoms with Crippen molar-refractivity contribution in [2.45, 2.75) is 6.54 Å². The van der Waals surface area contributed by atoms with Gasteiger partial charge in [-0.2, -0.15) is 0 Å². The second-order valence-corrected chi connectivity index (χ2v) is 4.36. The lowest BCUT2D eigenvalue weighted by molar-refractivity contribution is 0.242. The van der Waals surface area contributed by atoms with Crippen LogP contribution in [0.1, 0.15) is 5.56 Å². The van der Waals surface area contributed by atoms with E-state index >= 15 is 0 Å². The minimum absolute atomic E-state index is 0.00413. The first-order valence-corrected chi connectivity index (χ1v) is 6.17.